The first-order valence-corrected chi connectivity index (χ1v) is 18.3. The highest BCUT2D eigenvalue weighted by Crippen LogP contribution is 2.59. The number of hydrogen-bond acceptors (Lipinski definition) is 9. The molecule has 7 atom stereocenters. The van der Waals surface area contributed by atoms with Crippen LogP contribution < -0.4 is 5.32 Å². The largest absolute Gasteiger partial charge is 0.458 e. The number of aliphatic hydroxyl groups is 1. The summed E-state index contributed by atoms with van der Waals surface area (Å²) in [4.78, 5) is 50.7. The Kier molecular flexibility index (Phi) is 10.6. The smallest absolute Gasteiger partial charge is 0.327 e. The quantitative estimate of drug-likeness (QED) is 0.166. The number of aliphatic hydroxyl groups excluding tert-OH is 1. The van der Waals surface area contributed by atoms with Crippen molar-refractivity contribution in [3.8, 4) is 0 Å². The van der Waals surface area contributed by atoms with Crippen LogP contribution in [0.5, 0.6) is 0 Å². The molecule has 46 heavy (non-hydrogen) atoms. The van der Waals surface area contributed by atoms with E-state index in [1.54, 1.807) is 9.96 Å². The summed E-state index contributed by atoms with van der Waals surface area (Å²) in [5.74, 6) is -1.91. The van der Waals surface area contributed by atoms with Crippen LogP contribution in [0, 0.1) is 8.99 Å². The highest BCUT2D eigenvalue weighted by Gasteiger charge is 2.77. The van der Waals surface area contributed by atoms with Crippen molar-refractivity contribution < 1.29 is 38.5 Å². The number of unbranched alkanes of at least 4 members (excludes halogenated alkanes) is 4. The number of nitrogens with one attached hydrogen (secondary N) is 1. The van der Waals surface area contributed by atoms with Crippen LogP contribution in [0.25, 0.3) is 0 Å². The predicted octanol–water partition coefficient (Wildman–Crippen LogP) is 3.83. The fraction of sp³-hybridized carbons (Fsp3) is 0.735. The molecule has 1 saturated carbocycles. The second-order valence-electron chi connectivity index (χ2n) is 13.5. The summed E-state index contributed by atoms with van der Waals surface area (Å²) in [6, 6.07) is 6.28. The molecular formula is C34H48IN3O8. The topological polar surface area (TPSA) is 127 Å². The molecule has 2 amide bonds. The van der Waals surface area contributed by atoms with Gasteiger partial charge in [-0.25, -0.2) is 0 Å². The first kappa shape index (κ1) is 34.0. The molecule has 254 valence electrons. The average Bonchev–Trinajstić information content (AvgIpc) is 3.76. The molecule has 0 aromatic heterocycles. The molecule has 7 unspecified atom stereocenters. The zero-order valence-electron chi connectivity index (χ0n) is 27.0. The minimum absolute atomic E-state index is 0.113. The summed E-state index contributed by atoms with van der Waals surface area (Å²) < 4.78 is 21.0. The Balaban J connectivity index is 1.38. The molecular weight excluding hydrogens is 705 g/mol. The monoisotopic (exact) mass is 753 g/mol. The Morgan fingerprint density at radius 2 is 1.83 bits per heavy atom. The summed E-state index contributed by atoms with van der Waals surface area (Å²) in [5, 5.41) is 13.7. The van der Waals surface area contributed by atoms with Gasteiger partial charge in [0, 0.05) is 35.9 Å². The third-order valence-electron chi connectivity index (χ3n) is 10.4. The number of rotatable bonds is 14. The molecule has 12 heteroatoms. The minimum Gasteiger partial charge on any atom is -0.458 e. The predicted molar refractivity (Wildman–Crippen MR) is 176 cm³/mol. The molecule has 4 saturated heterocycles. The third kappa shape index (κ3) is 6.22. The van der Waals surface area contributed by atoms with Crippen LogP contribution in [-0.2, 0) is 40.0 Å². The lowest BCUT2D eigenvalue weighted by Crippen LogP contribution is -2.70. The second kappa shape index (κ2) is 14.3. The lowest BCUT2D eigenvalue weighted by Gasteiger charge is -2.50. The highest BCUT2D eigenvalue weighted by atomic mass is 127. The average molecular weight is 754 g/mol. The van der Waals surface area contributed by atoms with Crippen LogP contribution in [0.3, 0.4) is 0 Å². The van der Waals surface area contributed by atoms with E-state index in [0.29, 0.717) is 19.4 Å². The molecule has 11 nitrogen and oxygen atoms in total. The van der Waals surface area contributed by atoms with Gasteiger partial charge in [-0.2, -0.15) is 5.06 Å². The van der Waals surface area contributed by atoms with Crippen LogP contribution in [0.1, 0.15) is 90.0 Å². The van der Waals surface area contributed by atoms with Crippen LogP contribution in [0.2, 0.25) is 0 Å². The number of carbonyl (C=O) groups excluding carboxylic acids is 3. The first-order chi connectivity index (χ1) is 22.3. The fourth-order valence-corrected chi connectivity index (χ4v) is 8.95. The van der Waals surface area contributed by atoms with Crippen molar-refractivity contribution in [3.63, 3.8) is 0 Å². The molecule has 5 aliphatic rings. The first-order valence-electron chi connectivity index (χ1n) is 17.2. The summed E-state index contributed by atoms with van der Waals surface area (Å²) >= 11 is 2.26. The van der Waals surface area contributed by atoms with E-state index in [0.717, 1.165) is 60.5 Å². The van der Waals surface area contributed by atoms with Gasteiger partial charge in [0.25, 0.3) is 0 Å². The van der Waals surface area contributed by atoms with Gasteiger partial charge in [-0.1, -0.05) is 51.7 Å². The lowest BCUT2D eigenvalue weighted by molar-refractivity contribution is -0.225. The highest BCUT2D eigenvalue weighted by molar-refractivity contribution is 14.1. The number of hydroxylamine groups is 2. The van der Waals surface area contributed by atoms with Crippen LogP contribution in [0.15, 0.2) is 24.3 Å². The zero-order chi connectivity index (χ0) is 32.5. The van der Waals surface area contributed by atoms with E-state index >= 15 is 4.79 Å². The number of ether oxygens (including phenoxy) is 3. The van der Waals surface area contributed by atoms with Gasteiger partial charge in [-0.05, 0) is 66.0 Å². The van der Waals surface area contributed by atoms with Gasteiger partial charge in [0.2, 0.25) is 11.8 Å². The standard InChI is InChI=1S/C34H48IN3O8/c1-3-5-7-14-33(15-8-6-4-2)44-26-25-20-34(32(42)37-17-10-13-24(37)30(40)36-16-18-39)28(31(41)43-25)38(46-29(34)27(26)45-33)21-22-11-9-12-23(35)19-22/h9,11-12,19,24-29,39H,3-8,10,13-18,20-21H2,1-2H3,(H,36,40). The number of benzene rings is 1. The molecule has 0 radical (unpaired) electrons. The summed E-state index contributed by atoms with van der Waals surface area (Å²) in [7, 11) is 0. The number of halogens is 1. The Hall–Kier alpha value is -1.84. The van der Waals surface area contributed by atoms with E-state index in [4.69, 9.17) is 19.0 Å². The number of fused-ring (bicyclic) bond motifs is 4. The van der Waals surface area contributed by atoms with Gasteiger partial charge in [-0.15, -0.1) is 0 Å². The number of esters is 1. The zero-order valence-corrected chi connectivity index (χ0v) is 29.1. The Labute approximate surface area is 285 Å². The van der Waals surface area contributed by atoms with Gasteiger partial charge >= 0.3 is 5.97 Å². The summed E-state index contributed by atoms with van der Waals surface area (Å²) in [6.07, 6.45) is 6.37. The number of likely N-dealkylation sites (tertiary alicyclic amines) is 1. The van der Waals surface area contributed by atoms with Gasteiger partial charge in [0.05, 0.1) is 13.2 Å². The minimum atomic E-state index is -1.31. The summed E-state index contributed by atoms with van der Waals surface area (Å²) in [6.45, 7) is 4.95. The molecule has 4 aliphatic heterocycles. The van der Waals surface area contributed by atoms with E-state index in [1.807, 2.05) is 24.3 Å². The van der Waals surface area contributed by atoms with E-state index in [1.165, 1.54) is 0 Å². The van der Waals surface area contributed by atoms with Crippen molar-refractivity contribution >= 4 is 40.4 Å². The molecule has 5 fully saturated rings. The normalized spacial score (nSPS) is 32.8. The van der Waals surface area contributed by atoms with Crippen LogP contribution in [0.4, 0.5) is 0 Å². The van der Waals surface area contributed by atoms with Crippen molar-refractivity contribution in [1.82, 2.24) is 15.3 Å². The van der Waals surface area contributed by atoms with Gasteiger partial charge < -0.3 is 29.5 Å². The Morgan fingerprint density at radius 3 is 2.52 bits per heavy atom. The van der Waals surface area contributed by atoms with Gasteiger partial charge in [0.1, 0.15) is 35.9 Å². The van der Waals surface area contributed by atoms with E-state index in [-0.39, 0.29) is 37.9 Å². The van der Waals surface area contributed by atoms with Crippen molar-refractivity contribution in [3.05, 3.63) is 33.4 Å². The van der Waals surface area contributed by atoms with Gasteiger partial charge in [-0.3, -0.25) is 19.2 Å². The third-order valence-corrected chi connectivity index (χ3v) is 11.1. The second-order valence-corrected chi connectivity index (χ2v) is 14.8. The summed E-state index contributed by atoms with van der Waals surface area (Å²) in [5.41, 5.74) is -0.367. The van der Waals surface area contributed by atoms with E-state index in [2.05, 4.69) is 41.8 Å². The van der Waals surface area contributed by atoms with Crippen LogP contribution >= 0.6 is 22.6 Å². The molecule has 1 aromatic rings. The van der Waals surface area contributed by atoms with Gasteiger partial charge in [0.15, 0.2) is 11.8 Å². The number of carbonyl (C=O) groups is 3. The molecule has 1 aliphatic carbocycles. The van der Waals surface area contributed by atoms with E-state index in [9.17, 15) is 14.7 Å². The SMILES string of the molecule is CCCCCC1(CCCCC)OC2C3CC4(C(=O)N5CCCC5C(=O)NCCO)C(ON(Cc5cccc(I)c5)C4C(=O)O3)C2O1. The maximum absolute atomic E-state index is 15.0. The lowest BCUT2D eigenvalue weighted by atomic mass is 9.62. The molecule has 2 N–H and O–H groups in total. The van der Waals surface area contributed by atoms with Crippen LogP contribution in [-0.4, -0.2) is 94.8 Å². The molecule has 6 rings (SSSR count). The van der Waals surface area contributed by atoms with Crippen molar-refractivity contribution in [1.29, 1.82) is 0 Å². The molecule has 1 aromatic carbocycles. The van der Waals surface area contributed by atoms with Crippen molar-refractivity contribution in [2.24, 2.45) is 5.41 Å². The molecule has 2 bridgehead atoms. The molecule has 0 spiro atoms. The number of hydrogen-bond donors (Lipinski definition) is 2. The Morgan fingerprint density at radius 1 is 1.09 bits per heavy atom. The Bertz CT molecular complexity index is 1270. The van der Waals surface area contributed by atoms with Crippen molar-refractivity contribution in [2.75, 3.05) is 19.7 Å². The molecule has 4 heterocycles. The maximum Gasteiger partial charge on any atom is 0.327 e. The fourth-order valence-electron chi connectivity index (χ4n) is 8.34. The maximum atomic E-state index is 15.0. The van der Waals surface area contributed by atoms with Crippen molar-refractivity contribution in [2.45, 2.75) is 133 Å². The number of nitrogens with zero attached hydrogens (tertiary/aromatic N) is 2. The van der Waals surface area contributed by atoms with E-state index < -0.39 is 53.7 Å². The number of amides is 2.